The van der Waals surface area contributed by atoms with Crippen LogP contribution in [0.25, 0.3) is 0 Å². The van der Waals surface area contributed by atoms with Crippen LogP contribution in [0.2, 0.25) is 0 Å². The first-order chi connectivity index (χ1) is 11.3. The van der Waals surface area contributed by atoms with Crippen LogP contribution in [-0.4, -0.2) is 16.1 Å². The van der Waals surface area contributed by atoms with Crippen LogP contribution in [-0.2, 0) is 4.79 Å². The Morgan fingerprint density at radius 3 is 2.42 bits per heavy atom. The summed E-state index contributed by atoms with van der Waals surface area (Å²) in [5.41, 5.74) is 0.306. The Labute approximate surface area is 136 Å². The van der Waals surface area contributed by atoms with Gasteiger partial charge in [-0.1, -0.05) is 13.0 Å². The minimum atomic E-state index is -1.20. The zero-order valence-corrected chi connectivity index (χ0v) is 12.6. The fourth-order valence-electron chi connectivity index (χ4n) is 2.60. The lowest BCUT2D eigenvalue weighted by Crippen LogP contribution is -2.24. The minimum absolute atomic E-state index is 0.110. The van der Waals surface area contributed by atoms with Gasteiger partial charge in [0, 0.05) is 12.1 Å². The predicted octanol–water partition coefficient (Wildman–Crippen LogP) is 3.61. The first kappa shape index (κ1) is 17.5. The minimum Gasteiger partial charge on any atom is -0.481 e. The SMILES string of the molecule is CC(C(=O)O)C(c1cncc(F)c1)C(C#N)c1ccc(F)c(F)c1. The van der Waals surface area contributed by atoms with Gasteiger partial charge in [-0.15, -0.1) is 0 Å². The van der Waals surface area contributed by atoms with Gasteiger partial charge in [0.2, 0.25) is 0 Å². The zero-order chi connectivity index (χ0) is 17.9. The summed E-state index contributed by atoms with van der Waals surface area (Å²) in [6.07, 6.45) is 2.21. The first-order valence-corrected chi connectivity index (χ1v) is 7.03. The Morgan fingerprint density at radius 2 is 1.88 bits per heavy atom. The number of nitrogens with zero attached hydrogens (tertiary/aromatic N) is 2. The summed E-state index contributed by atoms with van der Waals surface area (Å²) in [5, 5.41) is 18.8. The van der Waals surface area contributed by atoms with Crippen molar-refractivity contribution < 1.29 is 23.1 Å². The second-order valence-corrected chi connectivity index (χ2v) is 5.37. The molecular weight excluding hydrogens is 321 g/mol. The number of hydrogen-bond acceptors (Lipinski definition) is 3. The summed E-state index contributed by atoms with van der Waals surface area (Å²) >= 11 is 0. The van der Waals surface area contributed by atoms with Crippen LogP contribution in [0.3, 0.4) is 0 Å². The fourth-order valence-corrected chi connectivity index (χ4v) is 2.60. The van der Waals surface area contributed by atoms with E-state index in [0.717, 1.165) is 24.4 Å². The van der Waals surface area contributed by atoms with Crippen molar-refractivity contribution in [3.63, 3.8) is 0 Å². The fraction of sp³-hybridized carbons (Fsp3) is 0.235. The molecule has 24 heavy (non-hydrogen) atoms. The highest BCUT2D eigenvalue weighted by molar-refractivity contribution is 5.71. The highest BCUT2D eigenvalue weighted by Gasteiger charge is 2.34. The standard InChI is InChI=1S/C17H13F3N2O2/c1-9(17(23)24)16(11-4-12(18)8-22-7-11)13(6-21)10-2-3-14(19)15(20)5-10/h2-5,7-9,13,16H,1H3,(H,23,24). The Morgan fingerprint density at radius 1 is 1.17 bits per heavy atom. The summed E-state index contributed by atoms with van der Waals surface area (Å²) in [5.74, 6) is -7.29. The van der Waals surface area contributed by atoms with Gasteiger partial charge >= 0.3 is 5.97 Å². The lowest BCUT2D eigenvalue weighted by atomic mass is 9.75. The maximum Gasteiger partial charge on any atom is 0.306 e. The van der Waals surface area contributed by atoms with Crippen LogP contribution in [0.4, 0.5) is 13.2 Å². The lowest BCUT2D eigenvalue weighted by Gasteiger charge is -2.26. The largest absolute Gasteiger partial charge is 0.481 e. The van der Waals surface area contributed by atoms with E-state index < -0.39 is 41.2 Å². The average molecular weight is 334 g/mol. The van der Waals surface area contributed by atoms with Crippen LogP contribution >= 0.6 is 0 Å². The second kappa shape index (κ2) is 7.13. The molecule has 7 heteroatoms. The van der Waals surface area contributed by atoms with Gasteiger partial charge in [-0.25, -0.2) is 13.2 Å². The van der Waals surface area contributed by atoms with Crippen LogP contribution in [0.5, 0.6) is 0 Å². The number of rotatable bonds is 5. The molecule has 0 radical (unpaired) electrons. The number of nitriles is 1. The molecule has 3 unspecified atom stereocenters. The molecule has 0 spiro atoms. The smallest absolute Gasteiger partial charge is 0.306 e. The van der Waals surface area contributed by atoms with E-state index in [2.05, 4.69) is 4.98 Å². The van der Waals surface area contributed by atoms with Crippen molar-refractivity contribution in [1.82, 2.24) is 4.98 Å². The molecular formula is C17H13F3N2O2. The van der Waals surface area contributed by atoms with E-state index in [1.807, 2.05) is 6.07 Å². The Hall–Kier alpha value is -2.88. The zero-order valence-electron chi connectivity index (χ0n) is 12.6. The van der Waals surface area contributed by atoms with Crippen molar-refractivity contribution in [3.8, 4) is 6.07 Å². The third-order valence-electron chi connectivity index (χ3n) is 3.84. The van der Waals surface area contributed by atoms with Crippen molar-refractivity contribution in [1.29, 1.82) is 5.26 Å². The predicted molar refractivity (Wildman–Crippen MR) is 78.4 cm³/mol. The molecule has 0 aliphatic carbocycles. The molecule has 1 heterocycles. The molecule has 4 nitrogen and oxygen atoms in total. The van der Waals surface area contributed by atoms with Crippen LogP contribution in [0, 0.1) is 34.7 Å². The molecule has 124 valence electrons. The van der Waals surface area contributed by atoms with Crippen molar-refractivity contribution in [3.05, 3.63) is 65.2 Å². The average Bonchev–Trinajstić information content (AvgIpc) is 2.54. The molecule has 3 atom stereocenters. The molecule has 0 amide bonds. The highest BCUT2D eigenvalue weighted by atomic mass is 19.2. The highest BCUT2D eigenvalue weighted by Crippen LogP contribution is 2.39. The molecule has 2 aromatic rings. The van der Waals surface area contributed by atoms with Gasteiger partial charge < -0.3 is 5.11 Å². The van der Waals surface area contributed by atoms with E-state index in [4.69, 9.17) is 0 Å². The third-order valence-corrected chi connectivity index (χ3v) is 3.84. The Kier molecular flexibility index (Phi) is 5.19. The number of carbonyl (C=O) groups is 1. The van der Waals surface area contributed by atoms with E-state index in [0.29, 0.717) is 0 Å². The van der Waals surface area contributed by atoms with Gasteiger partial charge in [0.05, 0.1) is 24.1 Å². The third kappa shape index (κ3) is 3.54. The maximum atomic E-state index is 13.5. The summed E-state index contributed by atoms with van der Waals surface area (Å²) in [7, 11) is 0. The van der Waals surface area contributed by atoms with E-state index in [1.165, 1.54) is 19.2 Å². The summed E-state index contributed by atoms with van der Waals surface area (Å²) in [6, 6.07) is 5.92. The van der Waals surface area contributed by atoms with E-state index in [-0.39, 0.29) is 11.1 Å². The number of benzene rings is 1. The van der Waals surface area contributed by atoms with Gasteiger partial charge in [0.15, 0.2) is 11.6 Å². The summed E-state index contributed by atoms with van der Waals surface area (Å²) < 4.78 is 40.1. The topological polar surface area (TPSA) is 74.0 Å². The molecule has 1 aromatic carbocycles. The van der Waals surface area contributed by atoms with Gasteiger partial charge in [-0.2, -0.15) is 5.26 Å². The van der Waals surface area contributed by atoms with Crippen molar-refractivity contribution >= 4 is 5.97 Å². The first-order valence-electron chi connectivity index (χ1n) is 7.03. The number of pyridine rings is 1. The summed E-state index contributed by atoms with van der Waals surface area (Å²) in [4.78, 5) is 15.1. The van der Waals surface area contributed by atoms with Gasteiger partial charge in [-0.05, 0) is 29.3 Å². The number of aromatic nitrogens is 1. The van der Waals surface area contributed by atoms with Crippen LogP contribution < -0.4 is 0 Å². The van der Waals surface area contributed by atoms with E-state index in [9.17, 15) is 28.3 Å². The van der Waals surface area contributed by atoms with Crippen molar-refractivity contribution in [2.24, 2.45) is 5.92 Å². The Balaban J connectivity index is 2.57. The number of halogens is 3. The summed E-state index contributed by atoms with van der Waals surface area (Å²) in [6.45, 7) is 1.36. The quantitative estimate of drug-likeness (QED) is 0.906. The van der Waals surface area contributed by atoms with Gasteiger partial charge in [0.25, 0.3) is 0 Å². The van der Waals surface area contributed by atoms with Crippen LogP contribution in [0.1, 0.15) is 29.9 Å². The van der Waals surface area contributed by atoms with Gasteiger partial charge in [0.1, 0.15) is 5.82 Å². The maximum absolute atomic E-state index is 13.5. The molecule has 0 fully saturated rings. The second-order valence-electron chi connectivity index (χ2n) is 5.37. The normalized spacial score (nSPS) is 14.5. The molecule has 0 saturated carbocycles. The lowest BCUT2D eigenvalue weighted by molar-refractivity contribution is -0.142. The molecule has 0 aliphatic heterocycles. The molecule has 1 N–H and O–H groups in total. The molecule has 2 rings (SSSR count). The number of aliphatic carboxylic acids is 1. The molecule has 0 saturated heterocycles. The monoisotopic (exact) mass is 334 g/mol. The van der Waals surface area contributed by atoms with E-state index >= 15 is 0 Å². The number of carboxylic acid groups (broad SMARTS) is 1. The van der Waals surface area contributed by atoms with Crippen molar-refractivity contribution in [2.75, 3.05) is 0 Å². The van der Waals surface area contributed by atoms with Gasteiger partial charge in [-0.3, -0.25) is 9.78 Å². The molecule has 0 bridgehead atoms. The van der Waals surface area contributed by atoms with Crippen LogP contribution in [0.15, 0.2) is 36.7 Å². The Bertz CT molecular complexity index is 805. The van der Waals surface area contributed by atoms with E-state index in [1.54, 1.807) is 0 Å². The van der Waals surface area contributed by atoms with Crippen molar-refractivity contribution in [2.45, 2.75) is 18.8 Å². The number of carboxylic acids is 1. The number of hydrogen-bond donors (Lipinski definition) is 1. The molecule has 0 aliphatic rings. The molecule has 1 aromatic heterocycles.